The number of hydrogen-bond donors (Lipinski definition) is 0. The first-order valence-electron chi connectivity index (χ1n) is 14.4. The highest BCUT2D eigenvalue weighted by Crippen LogP contribution is 2.48. The molecule has 1 nitrogen and oxygen atoms in total. The molecule has 2 aliphatic rings. The van der Waals surface area contributed by atoms with E-state index in [0.717, 1.165) is 18.9 Å². The van der Waals surface area contributed by atoms with Crippen molar-refractivity contribution in [2.24, 2.45) is 23.2 Å². The number of allylic oxidation sites excluding steroid dienone is 2. The van der Waals surface area contributed by atoms with Gasteiger partial charge in [-0.25, -0.2) is 0 Å². The second-order valence-electron chi connectivity index (χ2n) is 13.5. The van der Waals surface area contributed by atoms with Crippen LogP contribution in [0.2, 0.25) is 0 Å². The van der Waals surface area contributed by atoms with Gasteiger partial charge < -0.3 is 4.74 Å². The summed E-state index contributed by atoms with van der Waals surface area (Å²) in [6.45, 7) is 22.1. The van der Waals surface area contributed by atoms with E-state index in [2.05, 4.69) is 80.5 Å². The van der Waals surface area contributed by atoms with Crippen molar-refractivity contribution in [3.05, 3.63) is 46.0 Å². The van der Waals surface area contributed by atoms with E-state index in [1.807, 2.05) is 0 Å². The lowest BCUT2D eigenvalue weighted by molar-refractivity contribution is -0.0762. The topological polar surface area (TPSA) is 9.23 Å². The Hall–Kier alpha value is -1.08. The summed E-state index contributed by atoms with van der Waals surface area (Å²) in [6.07, 6.45) is 14.0. The van der Waals surface area contributed by atoms with Gasteiger partial charge in [0, 0.05) is 12.3 Å². The van der Waals surface area contributed by atoms with Crippen molar-refractivity contribution in [1.29, 1.82) is 0 Å². The van der Waals surface area contributed by atoms with Crippen LogP contribution in [0.25, 0.3) is 0 Å². The van der Waals surface area contributed by atoms with Gasteiger partial charge in [0.2, 0.25) is 0 Å². The first-order chi connectivity index (χ1) is 15.9. The highest BCUT2D eigenvalue weighted by atomic mass is 16.5. The summed E-state index contributed by atoms with van der Waals surface area (Å²) < 4.78 is 6.82. The number of aryl methyl sites for hydroxylation is 2. The van der Waals surface area contributed by atoms with Crippen LogP contribution >= 0.6 is 0 Å². The summed E-state index contributed by atoms with van der Waals surface area (Å²) in [5.41, 5.74) is 7.98. The predicted octanol–water partition coefficient (Wildman–Crippen LogP) is 9.60. The minimum Gasteiger partial charge on any atom is -0.374 e. The van der Waals surface area contributed by atoms with Gasteiger partial charge in [0.05, 0.1) is 12.2 Å². The first-order valence-corrected chi connectivity index (χ1v) is 14.4. The Bertz CT molecular complexity index is 835. The molecule has 0 radical (unpaired) electrons. The highest BCUT2D eigenvalue weighted by molar-refractivity contribution is 5.45. The average molecular weight is 467 g/mol. The third kappa shape index (κ3) is 7.22. The van der Waals surface area contributed by atoms with Gasteiger partial charge in [-0.2, -0.15) is 0 Å². The van der Waals surface area contributed by atoms with Gasteiger partial charge in [-0.1, -0.05) is 78.2 Å². The molecule has 0 amide bonds. The van der Waals surface area contributed by atoms with Gasteiger partial charge in [-0.05, 0) is 105 Å². The van der Waals surface area contributed by atoms with Gasteiger partial charge in [-0.3, -0.25) is 0 Å². The molecule has 1 saturated carbocycles. The third-order valence-electron chi connectivity index (χ3n) is 8.41. The maximum Gasteiger partial charge on any atom is 0.0723 e. The molecule has 1 heteroatoms. The van der Waals surface area contributed by atoms with Crippen LogP contribution in [0.3, 0.4) is 0 Å². The largest absolute Gasteiger partial charge is 0.374 e. The fourth-order valence-corrected chi connectivity index (χ4v) is 6.20. The molecular weight excluding hydrogens is 412 g/mol. The maximum absolute atomic E-state index is 6.82. The van der Waals surface area contributed by atoms with E-state index < -0.39 is 0 Å². The van der Waals surface area contributed by atoms with Crippen molar-refractivity contribution < 1.29 is 4.74 Å². The van der Waals surface area contributed by atoms with E-state index in [1.54, 1.807) is 16.7 Å². The van der Waals surface area contributed by atoms with Crippen molar-refractivity contribution in [3.63, 3.8) is 0 Å². The van der Waals surface area contributed by atoms with Gasteiger partial charge in [0.15, 0.2) is 0 Å². The summed E-state index contributed by atoms with van der Waals surface area (Å²) >= 11 is 0. The minimum atomic E-state index is -0.0583. The minimum absolute atomic E-state index is 0.0583. The van der Waals surface area contributed by atoms with Gasteiger partial charge >= 0.3 is 0 Å². The number of hydrogen-bond acceptors (Lipinski definition) is 1. The number of unbranched alkanes of at least 4 members (excludes halogenated alkanes) is 2. The molecule has 1 aromatic carbocycles. The van der Waals surface area contributed by atoms with Crippen LogP contribution in [-0.4, -0.2) is 12.2 Å². The smallest absolute Gasteiger partial charge is 0.0723 e. The van der Waals surface area contributed by atoms with Crippen LogP contribution < -0.4 is 0 Å². The van der Waals surface area contributed by atoms with E-state index in [9.17, 15) is 0 Å². The van der Waals surface area contributed by atoms with Gasteiger partial charge in [-0.15, -0.1) is 0 Å². The quantitative estimate of drug-likeness (QED) is 0.233. The Labute approximate surface area is 212 Å². The molecule has 0 N–H and O–H groups in total. The summed E-state index contributed by atoms with van der Waals surface area (Å²) in [7, 11) is 0. The molecule has 0 heterocycles. The highest BCUT2D eigenvalue weighted by Gasteiger charge is 2.44. The number of rotatable bonds is 11. The van der Waals surface area contributed by atoms with E-state index in [0.29, 0.717) is 17.8 Å². The van der Waals surface area contributed by atoms with E-state index >= 15 is 0 Å². The fourth-order valence-electron chi connectivity index (χ4n) is 6.20. The van der Waals surface area contributed by atoms with Crippen LogP contribution in [0.15, 0.2) is 23.8 Å². The lowest BCUT2D eigenvalue weighted by Gasteiger charge is -2.38. The zero-order chi connectivity index (χ0) is 25.1. The first kappa shape index (κ1) is 27.5. The molecule has 0 saturated heterocycles. The van der Waals surface area contributed by atoms with E-state index in [-0.39, 0.29) is 11.0 Å². The zero-order valence-corrected chi connectivity index (χ0v) is 24.0. The van der Waals surface area contributed by atoms with Crippen LogP contribution in [0, 0.1) is 30.1 Å². The van der Waals surface area contributed by atoms with Gasteiger partial charge in [0.25, 0.3) is 0 Å². The standard InChI is InChI=1S/C33H54O/c1-10-11-12-13-26-19-25(5)31(30-18-24(4)14-17-29(30)23(2)3)27(20-26)21-33(9,28-15-16-28)34-22-32(6,7)8/h18-20,23,28-30H,10-17,21-22H2,1-9H3. The zero-order valence-electron chi connectivity index (χ0n) is 24.0. The van der Waals surface area contributed by atoms with Gasteiger partial charge in [0.1, 0.15) is 0 Å². The van der Waals surface area contributed by atoms with Crippen molar-refractivity contribution in [1.82, 2.24) is 0 Å². The monoisotopic (exact) mass is 466 g/mol. The molecule has 3 atom stereocenters. The van der Waals surface area contributed by atoms with Crippen molar-refractivity contribution in [3.8, 4) is 0 Å². The Morgan fingerprint density at radius 3 is 2.29 bits per heavy atom. The average Bonchev–Trinajstić information content (AvgIpc) is 3.58. The summed E-state index contributed by atoms with van der Waals surface area (Å²) in [5, 5.41) is 0. The second-order valence-corrected chi connectivity index (χ2v) is 13.5. The lowest BCUT2D eigenvalue weighted by Crippen LogP contribution is -2.38. The predicted molar refractivity (Wildman–Crippen MR) is 149 cm³/mol. The molecule has 3 unspecified atom stereocenters. The second kappa shape index (κ2) is 11.3. The van der Waals surface area contributed by atoms with Crippen LogP contribution in [-0.2, 0) is 17.6 Å². The molecule has 192 valence electrons. The molecule has 3 rings (SSSR count). The fraction of sp³-hybridized carbons (Fsp3) is 0.758. The molecule has 1 fully saturated rings. The number of ether oxygens (including phenoxy) is 1. The Balaban J connectivity index is 2.03. The summed E-state index contributed by atoms with van der Waals surface area (Å²) in [6, 6.07) is 5.11. The SMILES string of the molecule is CCCCCc1cc(C)c(C2C=C(C)CCC2C(C)C)c(CC(C)(OCC(C)(C)C)C2CC2)c1. The summed E-state index contributed by atoms with van der Waals surface area (Å²) in [5.74, 6) is 2.68. The van der Waals surface area contributed by atoms with Crippen LogP contribution in [0.4, 0.5) is 0 Å². The Morgan fingerprint density at radius 2 is 1.71 bits per heavy atom. The van der Waals surface area contributed by atoms with Crippen molar-refractivity contribution in [2.75, 3.05) is 6.61 Å². The van der Waals surface area contributed by atoms with Crippen LogP contribution in [0.1, 0.15) is 129 Å². The summed E-state index contributed by atoms with van der Waals surface area (Å²) in [4.78, 5) is 0. The lowest BCUT2D eigenvalue weighted by atomic mass is 9.69. The van der Waals surface area contributed by atoms with E-state index in [4.69, 9.17) is 4.74 Å². The normalized spacial score (nSPS) is 23.2. The molecule has 1 aromatic rings. The third-order valence-corrected chi connectivity index (χ3v) is 8.41. The molecular formula is C33H54O. The van der Waals surface area contributed by atoms with Crippen molar-refractivity contribution >= 4 is 0 Å². The molecule has 0 aliphatic heterocycles. The molecule has 0 aromatic heterocycles. The molecule has 0 bridgehead atoms. The number of benzene rings is 1. The molecule has 34 heavy (non-hydrogen) atoms. The Kier molecular flexibility index (Phi) is 9.16. The molecule has 2 aliphatic carbocycles. The Morgan fingerprint density at radius 1 is 1.00 bits per heavy atom. The molecule has 0 spiro atoms. The van der Waals surface area contributed by atoms with Crippen molar-refractivity contribution in [2.45, 2.75) is 132 Å². The van der Waals surface area contributed by atoms with Crippen LogP contribution in [0.5, 0.6) is 0 Å². The maximum atomic E-state index is 6.82. The van der Waals surface area contributed by atoms with E-state index in [1.165, 1.54) is 62.5 Å².